The van der Waals surface area contributed by atoms with Gasteiger partial charge in [-0.1, -0.05) is 0 Å². The normalized spacial score (nSPS) is 25.3. The minimum absolute atomic E-state index is 0.0385. The van der Waals surface area contributed by atoms with Gasteiger partial charge in [-0.15, -0.1) is 0 Å². The number of aliphatic hydroxyl groups is 1. The molecule has 0 bridgehead atoms. The molecular weight excluding hydrogens is 192 g/mol. The summed E-state index contributed by atoms with van der Waals surface area (Å²) in [6, 6.07) is -0.152. The first-order valence-electron chi connectivity index (χ1n) is 5.54. The van der Waals surface area contributed by atoms with Crippen LogP contribution in [0.1, 0.15) is 34.1 Å². The second-order valence-corrected chi connectivity index (χ2v) is 5.35. The molecule has 4 nitrogen and oxygen atoms in total. The van der Waals surface area contributed by atoms with E-state index in [0.717, 1.165) is 13.0 Å². The minimum Gasteiger partial charge on any atom is -0.392 e. The van der Waals surface area contributed by atoms with Crippen LogP contribution in [0.15, 0.2) is 0 Å². The molecule has 0 spiro atoms. The molecule has 88 valence electrons. The smallest absolute Gasteiger partial charge is 0.237 e. The Bertz CT molecular complexity index is 235. The lowest BCUT2D eigenvalue weighted by atomic mass is 10.1. The summed E-state index contributed by atoms with van der Waals surface area (Å²) in [5, 5.41) is 12.3. The van der Waals surface area contributed by atoms with E-state index in [1.807, 2.05) is 32.6 Å². The van der Waals surface area contributed by atoms with Gasteiger partial charge >= 0.3 is 0 Å². The van der Waals surface area contributed by atoms with E-state index in [-0.39, 0.29) is 23.6 Å². The fraction of sp³-hybridized carbons (Fsp3) is 0.909. The Kier molecular flexibility index (Phi) is 3.73. The number of rotatable bonds is 2. The highest BCUT2D eigenvalue weighted by molar-refractivity contribution is 5.82. The summed E-state index contributed by atoms with van der Waals surface area (Å²) in [6.45, 7) is 9.21. The zero-order chi connectivity index (χ0) is 11.6. The summed E-state index contributed by atoms with van der Waals surface area (Å²) in [6.07, 6.45) is 0.502. The maximum atomic E-state index is 11.8. The van der Waals surface area contributed by atoms with Crippen LogP contribution in [0.25, 0.3) is 0 Å². The third-order valence-corrected chi connectivity index (χ3v) is 2.62. The number of hydrogen-bond acceptors (Lipinski definition) is 3. The van der Waals surface area contributed by atoms with Crippen molar-refractivity contribution in [3.05, 3.63) is 0 Å². The van der Waals surface area contributed by atoms with Crippen molar-refractivity contribution in [1.29, 1.82) is 0 Å². The quantitative estimate of drug-likeness (QED) is 0.697. The summed E-state index contributed by atoms with van der Waals surface area (Å²) in [5.41, 5.74) is -0.191. The van der Waals surface area contributed by atoms with Gasteiger partial charge in [-0.25, -0.2) is 0 Å². The van der Waals surface area contributed by atoms with Gasteiger partial charge in [0.1, 0.15) is 0 Å². The van der Waals surface area contributed by atoms with Crippen molar-refractivity contribution < 1.29 is 9.90 Å². The molecule has 2 unspecified atom stereocenters. The van der Waals surface area contributed by atoms with E-state index in [1.165, 1.54) is 0 Å². The third-order valence-electron chi connectivity index (χ3n) is 2.62. The molecule has 0 radical (unpaired) electrons. The first-order chi connectivity index (χ1) is 6.79. The lowest BCUT2D eigenvalue weighted by molar-refractivity contribution is -0.127. The summed E-state index contributed by atoms with van der Waals surface area (Å²) < 4.78 is 0. The van der Waals surface area contributed by atoms with Crippen molar-refractivity contribution in [2.45, 2.75) is 51.8 Å². The maximum absolute atomic E-state index is 11.8. The predicted octanol–water partition coefficient (Wildman–Crippen LogP) is 0.356. The molecule has 2 atom stereocenters. The highest BCUT2D eigenvalue weighted by Crippen LogP contribution is 2.13. The number of β-amino-alcohol motifs (C(OH)–C–C–N with tert-alkyl or cyclic N) is 1. The topological polar surface area (TPSA) is 52.6 Å². The van der Waals surface area contributed by atoms with Crippen LogP contribution in [-0.4, -0.2) is 46.7 Å². The van der Waals surface area contributed by atoms with Gasteiger partial charge in [0.05, 0.1) is 12.1 Å². The van der Waals surface area contributed by atoms with E-state index in [0.29, 0.717) is 6.54 Å². The van der Waals surface area contributed by atoms with Gasteiger partial charge in [-0.3, -0.25) is 9.69 Å². The monoisotopic (exact) mass is 214 g/mol. The highest BCUT2D eigenvalue weighted by Gasteiger charge is 2.29. The molecule has 1 heterocycles. The van der Waals surface area contributed by atoms with Gasteiger partial charge in [0, 0.05) is 18.6 Å². The summed E-state index contributed by atoms with van der Waals surface area (Å²) in [5.74, 6) is 0.0385. The largest absolute Gasteiger partial charge is 0.392 e. The molecule has 15 heavy (non-hydrogen) atoms. The lowest BCUT2D eigenvalue weighted by Crippen LogP contribution is -2.50. The predicted molar refractivity (Wildman–Crippen MR) is 59.6 cm³/mol. The molecule has 0 aromatic heterocycles. The number of nitrogens with zero attached hydrogens (tertiary/aromatic N) is 1. The van der Waals surface area contributed by atoms with E-state index in [9.17, 15) is 9.90 Å². The Morgan fingerprint density at radius 1 is 1.53 bits per heavy atom. The summed E-state index contributed by atoms with van der Waals surface area (Å²) >= 11 is 0. The van der Waals surface area contributed by atoms with E-state index in [4.69, 9.17) is 0 Å². The Labute approximate surface area is 91.6 Å². The molecule has 1 rings (SSSR count). The number of carbonyl (C=O) groups excluding carboxylic acids is 1. The Morgan fingerprint density at radius 2 is 2.13 bits per heavy atom. The van der Waals surface area contributed by atoms with Crippen LogP contribution >= 0.6 is 0 Å². The van der Waals surface area contributed by atoms with Crippen LogP contribution in [0.3, 0.4) is 0 Å². The molecule has 1 fully saturated rings. The van der Waals surface area contributed by atoms with Crippen molar-refractivity contribution in [3.63, 3.8) is 0 Å². The summed E-state index contributed by atoms with van der Waals surface area (Å²) in [4.78, 5) is 13.8. The highest BCUT2D eigenvalue weighted by atomic mass is 16.3. The molecule has 0 saturated carbocycles. The third kappa shape index (κ3) is 3.80. The van der Waals surface area contributed by atoms with Crippen molar-refractivity contribution in [1.82, 2.24) is 10.2 Å². The van der Waals surface area contributed by atoms with Crippen LogP contribution in [0.5, 0.6) is 0 Å². The van der Waals surface area contributed by atoms with Gasteiger partial charge in [-0.05, 0) is 34.1 Å². The molecule has 1 aliphatic heterocycles. The second kappa shape index (κ2) is 4.49. The van der Waals surface area contributed by atoms with Crippen molar-refractivity contribution in [2.24, 2.45) is 0 Å². The molecule has 1 saturated heterocycles. The molecule has 4 heteroatoms. The van der Waals surface area contributed by atoms with Crippen LogP contribution in [0.4, 0.5) is 0 Å². The first kappa shape index (κ1) is 12.5. The second-order valence-electron chi connectivity index (χ2n) is 5.35. The van der Waals surface area contributed by atoms with Crippen LogP contribution < -0.4 is 5.32 Å². The Hall–Kier alpha value is -0.610. The molecule has 0 aromatic carbocycles. The Balaban J connectivity index is 2.46. The number of likely N-dealkylation sites (tertiary alicyclic amines) is 1. The maximum Gasteiger partial charge on any atom is 0.237 e. The van der Waals surface area contributed by atoms with Gasteiger partial charge in [0.25, 0.3) is 0 Å². The number of aliphatic hydroxyl groups excluding tert-OH is 1. The fourth-order valence-corrected chi connectivity index (χ4v) is 1.76. The van der Waals surface area contributed by atoms with E-state index in [1.54, 1.807) is 0 Å². The lowest BCUT2D eigenvalue weighted by Gasteiger charge is -2.28. The molecule has 2 N–H and O–H groups in total. The fourth-order valence-electron chi connectivity index (χ4n) is 1.76. The average molecular weight is 214 g/mol. The zero-order valence-electron chi connectivity index (χ0n) is 10.1. The zero-order valence-corrected chi connectivity index (χ0v) is 10.1. The van der Waals surface area contributed by atoms with Crippen molar-refractivity contribution in [2.75, 3.05) is 13.1 Å². The number of nitrogens with one attached hydrogen (secondary N) is 1. The van der Waals surface area contributed by atoms with Gasteiger partial charge in [0.2, 0.25) is 5.91 Å². The van der Waals surface area contributed by atoms with Crippen molar-refractivity contribution in [3.8, 4) is 0 Å². The first-order valence-corrected chi connectivity index (χ1v) is 5.54. The number of hydrogen-bond donors (Lipinski definition) is 2. The van der Waals surface area contributed by atoms with E-state index >= 15 is 0 Å². The van der Waals surface area contributed by atoms with Crippen molar-refractivity contribution >= 4 is 5.91 Å². The molecule has 1 amide bonds. The van der Waals surface area contributed by atoms with E-state index < -0.39 is 0 Å². The number of amides is 1. The average Bonchev–Trinajstić information content (AvgIpc) is 2.47. The van der Waals surface area contributed by atoms with Crippen LogP contribution in [0.2, 0.25) is 0 Å². The number of carbonyl (C=O) groups is 1. The molecule has 0 aliphatic carbocycles. The SMILES string of the molecule is CC(C(=O)NC(C)(C)C)N1CCC(O)C1. The molecule has 1 aliphatic rings. The molecular formula is C11H22N2O2. The minimum atomic E-state index is -0.269. The molecule has 0 aromatic rings. The van der Waals surface area contributed by atoms with Gasteiger partial charge in [-0.2, -0.15) is 0 Å². The van der Waals surface area contributed by atoms with Gasteiger partial charge < -0.3 is 10.4 Å². The standard InChI is InChI=1S/C11H22N2O2/c1-8(10(15)12-11(2,3)4)13-6-5-9(14)7-13/h8-9,14H,5-7H2,1-4H3,(H,12,15). The van der Waals surface area contributed by atoms with E-state index in [2.05, 4.69) is 5.32 Å². The van der Waals surface area contributed by atoms with Crippen LogP contribution in [-0.2, 0) is 4.79 Å². The van der Waals surface area contributed by atoms with Gasteiger partial charge in [0.15, 0.2) is 0 Å². The Morgan fingerprint density at radius 3 is 2.53 bits per heavy atom. The van der Waals surface area contributed by atoms with Crippen LogP contribution in [0, 0.1) is 0 Å². The summed E-state index contributed by atoms with van der Waals surface area (Å²) in [7, 11) is 0.